The Balaban J connectivity index is 1.30. The zero-order valence-corrected chi connectivity index (χ0v) is 15.2. The van der Waals surface area contributed by atoms with Crippen LogP contribution in [0.1, 0.15) is 33.6 Å². The van der Waals surface area contributed by atoms with Crippen LogP contribution in [0.2, 0.25) is 0 Å². The fourth-order valence-corrected chi connectivity index (χ4v) is 3.68. The van der Waals surface area contributed by atoms with E-state index in [0.717, 1.165) is 42.4 Å². The molecular formula is C22H23N3O2. The van der Waals surface area contributed by atoms with Gasteiger partial charge in [0.1, 0.15) is 0 Å². The molecule has 0 aliphatic carbocycles. The number of likely N-dealkylation sites (tertiary alicyclic amines) is 1. The van der Waals surface area contributed by atoms with Crippen molar-refractivity contribution in [2.45, 2.75) is 18.9 Å². The van der Waals surface area contributed by atoms with Gasteiger partial charge in [-0.3, -0.25) is 14.5 Å². The van der Waals surface area contributed by atoms with Crippen LogP contribution in [0.15, 0.2) is 60.8 Å². The van der Waals surface area contributed by atoms with Crippen molar-refractivity contribution in [3.63, 3.8) is 0 Å². The highest BCUT2D eigenvalue weighted by Crippen LogP contribution is 2.19. The lowest BCUT2D eigenvalue weighted by atomic mass is 10.0. The Morgan fingerprint density at radius 2 is 1.70 bits per heavy atom. The van der Waals surface area contributed by atoms with E-state index >= 15 is 0 Å². The zero-order valence-electron chi connectivity index (χ0n) is 15.2. The predicted molar refractivity (Wildman–Crippen MR) is 106 cm³/mol. The minimum Gasteiger partial charge on any atom is -0.360 e. The third-order valence-electron chi connectivity index (χ3n) is 5.22. The van der Waals surface area contributed by atoms with E-state index in [1.165, 1.54) is 0 Å². The largest absolute Gasteiger partial charge is 0.360 e. The first kappa shape index (κ1) is 17.5. The van der Waals surface area contributed by atoms with E-state index in [2.05, 4.69) is 15.2 Å². The van der Waals surface area contributed by atoms with Crippen molar-refractivity contribution < 1.29 is 9.59 Å². The predicted octanol–water partition coefficient (Wildman–Crippen LogP) is 3.25. The van der Waals surface area contributed by atoms with Gasteiger partial charge in [-0.2, -0.15) is 0 Å². The monoisotopic (exact) mass is 361 g/mol. The fraction of sp³-hybridized carbons (Fsp3) is 0.273. The molecular weight excluding hydrogens is 338 g/mol. The van der Waals surface area contributed by atoms with E-state index in [-0.39, 0.29) is 17.7 Å². The van der Waals surface area contributed by atoms with Gasteiger partial charge in [0, 0.05) is 47.4 Å². The van der Waals surface area contributed by atoms with Crippen LogP contribution in [-0.2, 0) is 0 Å². The van der Waals surface area contributed by atoms with Crippen molar-refractivity contribution in [1.82, 2.24) is 15.2 Å². The number of Topliss-reactive ketones (excluding diaryl/α,β-unsaturated/α-hetero) is 1. The standard InChI is InChI=1S/C22H23N3O2/c26-21(19-14-23-20-9-5-4-8-18(19)20)15-25-12-10-17(11-13-25)24-22(27)16-6-2-1-3-7-16/h1-9,14,17,23H,10-13,15H2,(H,24,27). The summed E-state index contributed by atoms with van der Waals surface area (Å²) in [7, 11) is 0. The summed E-state index contributed by atoms with van der Waals surface area (Å²) in [6, 6.07) is 17.3. The van der Waals surface area contributed by atoms with E-state index in [4.69, 9.17) is 0 Å². The van der Waals surface area contributed by atoms with Gasteiger partial charge in [0.2, 0.25) is 0 Å². The lowest BCUT2D eigenvalue weighted by molar-refractivity contribution is 0.0860. The number of nitrogens with zero attached hydrogens (tertiary/aromatic N) is 1. The first-order chi connectivity index (χ1) is 13.2. The second-order valence-electron chi connectivity index (χ2n) is 7.06. The second-order valence-corrected chi connectivity index (χ2v) is 7.06. The SMILES string of the molecule is O=C(NC1CCN(CC(=O)c2c[nH]c3ccccc23)CC1)c1ccccc1. The molecule has 0 bridgehead atoms. The van der Waals surface area contributed by atoms with Gasteiger partial charge in [0.25, 0.3) is 5.91 Å². The summed E-state index contributed by atoms with van der Waals surface area (Å²) in [5.74, 6) is 0.114. The molecule has 1 saturated heterocycles. The fourth-order valence-electron chi connectivity index (χ4n) is 3.68. The first-order valence-electron chi connectivity index (χ1n) is 9.38. The molecule has 2 heterocycles. The van der Waals surface area contributed by atoms with E-state index in [1.807, 2.05) is 54.6 Å². The van der Waals surface area contributed by atoms with Crippen LogP contribution in [0.4, 0.5) is 0 Å². The molecule has 27 heavy (non-hydrogen) atoms. The quantitative estimate of drug-likeness (QED) is 0.686. The maximum absolute atomic E-state index is 12.7. The van der Waals surface area contributed by atoms with Crippen LogP contribution < -0.4 is 5.32 Å². The number of H-pyrrole nitrogens is 1. The summed E-state index contributed by atoms with van der Waals surface area (Å²) in [6.45, 7) is 2.04. The number of aromatic nitrogens is 1. The number of benzene rings is 2. The summed E-state index contributed by atoms with van der Waals surface area (Å²) in [4.78, 5) is 30.3. The molecule has 1 fully saturated rings. The summed E-state index contributed by atoms with van der Waals surface area (Å²) < 4.78 is 0. The summed E-state index contributed by atoms with van der Waals surface area (Å²) >= 11 is 0. The van der Waals surface area contributed by atoms with Crippen LogP contribution in [0, 0.1) is 0 Å². The molecule has 4 rings (SSSR count). The Kier molecular flexibility index (Phi) is 5.03. The third-order valence-corrected chi connectivity index (χ3v) is 5.22. The minimum absolute atomic E-state index is 0.0241. The molecule has 1 aromatic heterocycles. The van der Waals surface area contributed by atoms with Gasteiger partial charge in [0.05, 0.1) is 6.54 Å². The molecule has 5 heteroatoms. The number of fused-ring (bicyclic) bond motifs is 1. The number of hydrogen-bond donors (Lipinski definition) is 2. The Hall–Kier alpha value is -2.92. The molecule has 2 aromatic carbocycles. The highest BCUT2D eigenvalue weighted by atomic mass is 16.1. The summed E-state index contributed by atoms with van der Waals surface area (Å²) in [5.41, 5.74) is 2.43. The number of aromatic amines is 1. The van der Waals surface area contributed by atoms with Gasteiger partial charge < -0.3 is 10.3 Å². The van der Waals surface area contributed by atoms with Crippen LogP contribution in [0.25, 0.3) is 10.9 Å². The van der Waals surface area contributed by atoms with Gasteiger partial charge in [-0.25, -0.2) is 0 Å². The second kappa shape index (κ2) is 7.76. The van der Waals surface area contributed by atoms with E-state index in [0.29, 0.717) is 12.1 Å². The molecule has 0 radical (unpaired) electrons. The Bertz CT molecular complexity index is 940. The van der Waals surface area contributed by atoms with Crippen molar-refractivity contribution >= 4 is 22.6 Å². The van der Waals surface area contributed by atoms with Gasteiger partial charge in [-0.05, 0) is 31.0 Å². The first-order valence-corrected chi connectivity index (χ1v) is 9.38. The summed E-state index contributed by atoms with van der Waals surface area (Å²) in [5, 5.41) is 4.08. The number of amides is 1. The Morgan fingerprint density at radius 1 is 1.00 bits per heavy atom. The highest BCUT2D eigenvalue weighted by Gasteiger charge is 2.23. The van der Waals surface area contributed by atoms with Crippen molar-refractivity contribution in [2.75, 3.05) is 19.6 Å². The number of para-hydroxylation sites is 1. The summed E-state index contributed by atoms with van der Waals surface area (Å²) in [6.07, 6.45) is 3.53. The van der Waals surface area contributed by atoms with Crippen molar-refractivity contribution in [1.29, 1.82) is 0 Å². The van der Waals surface area contributed by atoms with Gasteiger partial charge in [-0.1, -0.05) is 36.4 Å². The van der Waals surface area contributed by atoms with Gasteiger partial charge in [-0.15, -0.1) is 0 Å². The van der Waals surface area contributed by atoms with E-state index in [1.54, 1.807) is 6.20 Å². The van der Waals surface area contributed by atoms with Gasteiger partial charge >= 0.3 is 0 Å². The van der Waals surface area contributed by atoms with Crippen molar-refractivity contribution in [3.05, 3.63) is 71.9 Å². The number of nitrogens with one attached hydrogen (secondary N) is 2. The molecule has 1 aliphatic rings. The average Bonchev–Trinajstić information content (AvgIpc) is 3.14. The normalized spacial score (nSPS) is 15.7. The number of carbonyl (C=O) groups excluding carboxylic acids is 2. The molecule has 3 aromatic rings. The van der Waals surface area contributed by atoms with Crippen LogP contribution in [-0.4, -0.2) is 47.3 Å². The molecule has 0 saturated carbocycles. The van der Waals surface area contributed by atoms with Crippen molar-refractivity contribution in [3.8, 4) is 0 Å². The Labute approximate surface area is 158 Å². The Morgan fingerprint density at radius 3 is 2.48 bits per heavy atom. The minimum atomic E-state index is -0.0241. The number of rotatable bonds is 5. The van der Waals surface area contributed by atoms with E-state index < -0.39 is 0 Å². The maximum atomic E-state index is 12.7. The smallest absolute Gasteiger partial charge is 0.251 e. The number of ketones is 1. The van der Waals surface area contributed by atoms with Crippen LogP contribution in [0.5, 0.6) is 0 Å². The highest BCUT2D eigenvalue weighted by molar-refractivity contribution is 6.08. The van der Waals surface area contributed by atoms with E-state index in [9.17, 15) is 9.59 Å². The number of piperidine rings is 1. The lowest BCUT2D eigenvalue weighted by Gasteiger charge is -2.31. The lowest BCUT2D eigenvalue weighted by Crippen LogP contribution is -2.45. The molecule has 0 unspecified atom stereocenters. The molecule has 5 nitrogen and oxygen atoms in total. The topological polar surface area (TPSA) is 65.2 Å². The third kappa shape index (κ3) is 3.93. The molecule has 138 valence electrons. The van der Waals surface area contributed by atoms with Crippen molar-refractivity contribution in [2.24, 2.45) is 0 Å². The average molecular weight is 361 g/mol. The molecule has 0 spiro atoms. The van der Waals surface area contributed by atoms with Crippen LogP contribution >= 0.6 is 0 Å². The number of hydrogen-bond acceptors (Lipinski definition) is 3. The molecule has 1 aliphatic heterocycles. The molecule has 1 amide bonds. The molecule has 2 N–H and O–H groups in total. The number of carbonyl (C=O) groups is 2. The zero-order chi connectivity index (χ0) is 18.6. The van der Waals surface area contributed by atoms with Crippen LogP contribution in [0.3, 0.4) is 0 Å². The van der Waals surface area contributed by atoms with Gasteiger partial charge in [0.15, 0.2) is 5.78 Å². The maximum Gasteiger partial charge on any atom is 0.251 e. The molecule has 0 atom stereocenters.